The number of nitrogens with zero attached hydrogens (tertiary/aromatic N) is 3. The van der Waals surface area contributed by atoms with Gasteiger partial charge < -0.3 is 31.7 Å². The molecule has 2 unspecified atom stereocenters. The summed E-state index contributed by atoms with van der Waals surface area (Å²) in [5.41, 5.74) is 6.90. The van der Waals surface area contributed by atoms with Gasteiger partial charge in [-0.15, -0.1) is 5.10 Å². The number of unbranched alkanes of at least 4 members (excludes halogenated alkanes) is 2. The third-order valence-electron chi connectivity index (χ3n) is 8.38. The molecular weight excluding hydrogens is 658 g/mol. The van der Waals surface area contributed by atoms with Crippen molar-refractivity contribution >= 4 is 35.4 Å². The van der Waals surface area contributed by atoms with Crippen molar-refractivity contribution in [1.82, 2.24) is 36.3 Å². The minimum Gasteiger partial charge on any atom is -0.480 e. The molecule has 2 aliphatic heterocycles. The fourth-order valence-corrected chi connectivity index (χ4v) is 7.30. The van der Waals surface area contributed by atoms with Gasteiger partial charge in [0.25, 0.3) is 5.91 Å². The molecule has 2 fully saturated rings. The van der Waals surface area contributed by atoms with E-state index in [2.05, 4.69) is 31.6 Å². The van der Waals surface area contributed by atoms with Gasteiger partial charge in [-0.05, 0) is 69.0 Å². The van der Waals surface area contributed by atoms with Gasteiger partial charge in [0.2, 0.25) is 5.91 Å². The molecule has 2 saturated heterocycles. The predicted molar refractivity (Wildman–Crippen MR) is 178 cm³/mol. The van der Waals surface area contributed by atoms with Crippen LogP contribution in [0.15, 0.2) is 48.7 Å². The molecule has 4 amide bonds. The smallest absolute Gasteiger partial charge is 0.315 e. The number of amides is 4. The van der Waals surface area contributed by atoms with Gasteiger partial charge in [0.05, 0.1) is 36.6 Å². The van der Waals surface area contributed by atoms with Crippen LogP contribution in [0.4, 0.5) is 13.6 Å². The normalized spacial score (nSPS) is 18.7. The highest BCUT2D eigenvalue weighted by atomic mass is 32.2. The summed E-state index contributed by atoms with van der Waals surface area (Å²) in [4.78, 5) is 50.2. The third-order valence-corrected chi connectivity index (χ3v) is 9.89. The maximum absolute atomic E-state index is 14.0. The number of fused-ring (bicyclic) bond motifs is 1. The summed E-state index contributed by atoms with van der Waals surface area (Å²) in [6, 6.07) is 9.05. The zero-order chi connectivity index (χ0) is 34.8. The van der Waals surface area contributed by atoms with Crippen molar-refractivity contribution < 1.29 is 32.7 Å². The molecule has 0 bridgehead atoms. The number of ketones is 1. The monoisotopic (exact) mass is 698 g/mol. The molecule has 262 valence electrons. The lowest BCUT2D eigenvalue weighted by Crippen LogP contribution is -2.43. The van der Waals surface area contributed by atoms with Gasteiger partial charge in [-0.2, -0.15) is 11.8 Å². The number of hydrogen-bond acceptors (Lipinski definition) is 9. The van der Waals surface area contributed by atoms with Gasteiger partial charge in [0, 0.05) is 23.0 Å². The zero-order valence-electron chi connectivity index (χ0n) is 26.8. The van der Waals surface area contributed by atoms with Crippen molar-refractivity contribution in [2.45, 2.75) is 74.9 Å². The second kappa shape index (κ2) is 17.2. The first-order valence-electron chi connectivity index (χ1n) is 16.3. The first-order chi connectivity index (χ1) is 23.7. The second-order valence-corrected chi connectivity index (χ2v) is 13.2. The molecule has 3 aromatic rings. The Morgan fingerprint density at radius 2 is 1.88 bits per heavy atom. The van der Waals surface area contributed by atoms with Crippen molar-refractivity contribution in [3.05, 3.63) is 71.6 Å². The van der Waals surface area contributed by atoms with E-state index in [1.54, 1.807) is 30.5 Å². The van der Waals surface area contributed by atoms with Crippen LogP contribution < -0.4 is 31.7 Å². The summed E-state index contributed by atoms with van der Waals surface area (Å²) in [5.74, 6) is -2.80. The summed E-state index contributed by atoms with van der Waals surface area (Å²) < 4.78 is 34.6. The zero-order valence-corrected chi connectivity index (χ0v) is 27.6. The summed E-state index contributed by atoms with van der Waals surface area (Å²) in [7, 11) is 0. The Kier molecular flexibility index (Phi) is 12.5. The topological polar surface area (TPSA) is 182 Å². The van der Waals surface area contributed by atoms with Gasteiger partial charge >= 0.3 is 6.03 Å². The molecular formula is C33H40F2N8O5S. The molecule has 16 heteroatoms. The molecule has 49 heavy (non-hydrogen) atoms. The number of nitrogens with two attached hydrogens (primary N) is 1. The fraction of sp³-hybridized carbons (Fsp3) is 0.455. The van der Waals surface area contributed by atoms with Crippen LogP contribution in [0.5, 0.6) is 5.75 Å². The maximum atomic E-state index is 14.0. The number of carbonyl (C=O) groups is 4. The van der Waals surface area contributed by atoms with Gasteiger partial charge in [-0.1, -0.05) is 23.8 Å². The van der Waals surface area contributed by atoms with Crippen molar-refractivity contribution in [2.75, 3.05) is 18.9 Å². The Bertz CT molecular complexity index is 1620. The van der Waals surface area contributed by atoms with Gasteiger partial charge in [0.1, 0.15) is 12.3 Å². The minimum absolute atomic E-state index is 0.0963. The number of aromatic nitrogens is 3. The van der Waals surface area contributed by atoms with E-state index < -0.39 is 41.7 Å². The predicted octanol–water partition coefficient (Wildman–Crippen LogP) is 2.76. The number of nitrogens with one attached hydrogen (secondary N) is 4. The highest BCUT2D eigenvalue weighted by Crippen LogP contribution is 2.33. The van der Waals surface area contributed by atoms with E-state index in [4.69, 9.17) is 10.5 Å². The summed E-state index contributed by atoms with van der Waals surface area (Å²) in [6.07, 6.45) is 6.00. The average Bonchev–Trinajstić information content (AvgIpc) is 3.81. The second-order valence-electron chi connectivity index (χ2n) is 12.0. The van der Waals surface area contributed by atoms with Crippen LogP contribution in [0.2, 0.25) is 0 Å². The SMILES string of the molecule is NCCCC[C@H](NC(=O)c1cccc(-n2cc(CNC(=O)CCCCC3SC[C@@H]4NC(=O)NC34)nn2)c1)C(=O)COc1c(F)cccc1F. The van der Waals surface area contributed by atoms with Crippen molar-refractivity contribution in [1.29, 1.82) is 0 Å². The van der Waals surface area contributed by atoms with Crippen molar-refractivity contribution in [3.8, 4) is 11.4 Å². The first kappa shape index (κ1) is 35.7. The lowest BCUT2D eigenvalue weighted by Gasteiger charge is -2.18. The number of ether oxygens (including phenoxy) is 1. The molecule has 2 aromatic carbocycles. The van der Waals surface area contributed by atoms with Crippen LogP contribution in [-0.4, -0.2) is 80.9 Å². The number of Topliss-reactive ketones (excluding diaryl/α,β-unsaturated/α-hetero) is 1. The van der Waals surface area contributed by atoms with Crippen LogP contribution >= 0.6 is 11.8 Å². The molecule has 0 spiro atoms. The van der Waals surface area contributed by atoms with Crippen LogP contribution in [0.3, 0.4) is 0 Å². The fourth-order valence-electron chi connectivity index (χ4n) is 5.76. The van der Waals surface area contributed by atoms with E-state index in [9.17, 15) is 28.0 Å². The van der Waals surface area contributed by atoms with E-state index in [-0.39, 0.29) is 42.6 Å². The Morgan fingerprint density at radius 1 is 1.08 bits per heavy atom. The molecule has 2 aliphatic rings. The molecule has 6 N–H and O–H groups in total. The summed E-state index contributed by atoms with van der Waals surface area (Å²) in [6.45, 7) is -0.0493. The van der Waals surface area contributed by atoms with E-state index >= 15 is 0 Å². The largest absolute Gasteiger partial charge is 0.480 e. The Morgan fingerprint density at radius 3 is 2.67 bits per heavy atom. The maximum Gasteiger partial charge on any atom is 0.315 e. The number of carbonyl (C=O) groups excluding carboxylic acids is 4. The van der Waals surface area contributed by atoms with Crippen molar-refractivity contribution in [3.63, 3.8) is 0 Å². The van der Waals surface area contributed by atoms with Gasteiger partial charge in [0.15, 0.2) is 23.2 Å². The molecule has 5 rings (SSSR count). The number of para-hydroxylation sites is 1. The van der Waals surface area contributed by atoms with Crippen LogP contribution in [-0.2, 0) is 16.1 Å². The Balaban J connectivity index is 1.09. The number of rotatable bonds is 18. The number of benzene rings is 2. The Labute approximate surface area is 286 Å². The third kappa shape index (κ3) is 9.75. The average molecular weight is 699 g/mol. The lowest BCUT2D eigenvalue weighted by molar-refractivity contribution is -0.123. The quantitative estimate of drug-likeness (QED) is 0.0986. The summed E-state index contributed by atoms with van der Waals surface area (Å²) in [5, 5.41) is 20.1. The lowest BCUT2D eigenvalue weighted by atomic mass is 10.0. The number of thioether (sulfide) groups is 1. The van der Waals surface area contributed by atoms with Gasteiger partial charge in [-0.3, -0.25) is 14.4 Å². The van der Waals surface area contributed by atoms with Gasteiger partial charge in [-0.25, -0.2) is 18.3 Å². The van der Waals surface area contributed by atoms with Crippen molar-refractivity contribution in [2.24, 2.45) is 5.73 Å². The van der Waals surface area contributed by atoms with E-state index in [0.29, 0.717) is 42.4 Å². The standard InChI is InChI=1S/C33H40F2N8O5S/c34-23-9-6-10-24(35)31(23)48-18-27(44)25(11-3-4-14-36)38-32(46)20-7-5-8-22(15-20)43-17-21(41-42-43)16-37-29(45)13-2-1-12-28-30-26(19-49-28)39-33(47)40-30/h5-10,15,17,25-26,28,30H,1-4,11-14,16,18-19,36H2,(H,37,45)(H,38,46)(H2,39,40,47)/t25-,26-,28?,30?/m0/s1. The molecule has 13 nitrogen and oxygen atoms in total. The number of urea groups is 1. The highest BCUT2D eigenvalue weighted by Gasteiger charge is 2.42. The van der Waals surface area contributed by atoms with E-state index in [1.165, 1.54) is 10.7 Å². The minimum atomic E-state index is -0.972. The highest BCUT2D eigenvalue weighted by molar-refractivity contribution is 8.00. The Hall–Kier alpha value is -4.57. The van der Waals surface area contributed by atoms with Crippen LogP contribution in [0.1, 0.15) is 61.0 Å². The first-order valence-corrected chi connectivity index (χ1v) is 17.3. The summed E-state index contributed by atoms with van der Waals surface area (Å²) >= 11 is 1.85. The van der Waals surface area contributed by atoms with Crippen LogP contribution in [0.25, 0.3) is 5.69 Å². The molecule has 0 aliphatic carbocycles. The molecule has 0 radical (unpaired) electrons. The van der Waals surface area contributed by atoms with E-state index in [0.717, 1.165) is 37.1 Å². The van der Waals surface area contributed by atoms with Crippen LogP contribution in [0, 0.1) is 11.6 Å². The molecule has 4 atom stereocenters. The molecule has 0 saturated carbocycles. The molecule has 3 heterocycles. The molecule has 1 aromatic heterocycles. The van der Waals surface area contributed by atoms with E-state index in [1.807, 2.05) is 11.8 Å². The number of hydrogen-bond donors (Lipinski definition) is 5. The number of halogens is 2.